The first-order chi connectivity index (χ1) is 10.0. The second kappa shape index (κ2) is 8.07. The van der Waals surface area contributed by atoms with Crippen molar-refractivity contribution in [2.45, 2.75) is 0 Å². The molecule has 0 unspecified atom stereocenters. The van der Waals surface area contributed by atoms with Gasteiger partial charge in [0, 0.05) is 0 Å². The number of nitrogens with two attached hydrogens (primary N) is 1. The van der Waals surface area contributed by atoms with Gasteiger partial charge in [-0.1, -0.05) is 11.6 Å². The fourth-order valence-corrected chi connectivity index (χ4v) is 1.10. The molecule has 0 saturated carbocycles. The minimum atomic E-state index is -0.650. The first-order valence-corrected chi connectivity index (χ1v) is 5.64. The highest BCUT2D eigenvalue weighted by atomic mass is 35.5. The zero-order chi connectivity index (χ0) is 15.8. The fourth-order valence-electron chi connectivity index (χ4n) is 0.980. The first kappa shape index (κ1) is 16.7. The Bertz CT molecular complexity index is 604. The zero-order valence-electron chi connectivity index (χ0n) is 11.0. The molecule has 0 spiro atoms. The van der Waals surface area contributed by atoms with Gasteiger partial charge in [0.05, 0.1) is 26.6 Å². The van der Waals surface area contributed by atoms with Crippen molar-refractivity contribution >= 4 is 17.4 Å². The molecule has 8 nitrogen and oxygen atoms in total. The Labute approximate surface area is 123 Å². The van der Waals surface area contributed by atoms with E-state index in [-0.39, 0.29) is 23.0 Å². The number of rotatable bonds is 3. The number of halogens is 3. The second-order valence-electron chi connectivity index (χ2n) is 3.19. The molecule has 0 fully saturated rings. The van der Waals surface area contributed by atoms with Crippen molar-refractivity contribution < 1.29 is 18.3 Å². The number of aromatic nitrogens is 4. The van der Waals surface area contributed by atoms with Gasteiger partial charge in [-0.15, -0.1) is 0 Å². The molecule has 2 aromatic heterocycles. The lowest BCUT2D eigenvalue weighted by Gasteiger charge is -2.01. The summed E-state index contributed by atoms with van der Waals surface area (Å²) < 4.78 is 34.1. The van der Waals surface area contributed by atoms with Crippen molar-refractivity contribution in [2.24, 2.45) is 5.84 Å². The average Bonchev–Trinajstić information content (AvgIpc) is 2.51. The van der Waals surface area contributed by atoms with E-state index < -0.39 is 11.6 Å². The smallest absolute Gasteiger partial charge is 0.318 e. The number of ether oxygens (including phenoxy) is 2. The van der Waals surface area contributed by atoms with Crippen molar-refractivity contribution in [2.75, 3.05) is 19.6 Å². The lowest BCUT2D eigenvalue weighted by atomic mass is 10.6. The van der Waals surface area contributed by atoms with Crippen LogP contribution in [0.4, 0.5) is 14.6 Å². The van der Waals surface area contributed by atoms with Crippen LogP contribution in [0.3, 0.4) is 0 Å². The van der Waals surface area contributed by atoms with Crippen LogP contribution in [0.1, 0.15) is 0 Å². The van der Waals surface area contributed by atoms with Gasteiger partial charge in [0.25, 0.3) is 0 Å². The van der Waals surface area contributed by atoms with Gasteiger partial charge < -0.3 is 14.9 Å². The molecule has 0 aliphatic carbocycles. The molecule has 0 bridgehead atoms. The summed E-state index contributed by atoms with van der Waals surface area (Å²) >= 11 is 5.29. The van der Waals surface area contributed by atoms with Crippen LogP contribution in [0.2, 0.25) is 5.15 Å². The third-order valence-electron chi connectivity index (χ3n) is 1.90. The van der Waals surface area contributed by atoms with Crippen LogP contribution in [-0.4, -0.2) is 34.2 Å². The van der Waals surface area contributed by atoms with Gasteiger partial charge in [-0.25, -0.2) is 24.6 Å². The molecule has 21 heavy (non-hydrogen) atoms. The molecule has 0 aliphatic heterocycles. The predicted molar refractivity (Wildman–Crippen MR) is 69.9 cm³/mol. The largest absolute Gasteiger partial charge is 0.467 e. The highest BCUT2D eigenvalue weighted by Crippen LogP contribution is 2.12. The molecule has 0 aliphatic rings. The molecule has 0 amide bonds. The van der Waals surface area contributed by atoms with E-state index >= 15 is 0 Å². The summed E-state index contributed by atoms with van der Waals surface area (Å²) in [6, 6.07) is 0.130. The Hall–Kier alpha value is -2.33. The second-order valence-corrected chi connectivity index (χ2v) is 3.55. The minimum Gasteiger partial charge on any atom is -0.467 e. The normalized spacial score (nSPS) is 9.43. The molecule has 0 saturated heterocycles. The van der Waals surface area contributed by atoms with E-state index in [0.717, 1.165) is 12.4 Å². The molecule has 0 atom stereocenters. The summed E-state index contributed by atoms with van der Waals surface area (Å²) in [6.07, 6.45) is 1.93. The van der Waals surface area contributed by atoms with Crippen LogP contribution in [0.25, 0.3) is 0 Å². The van der Waals surface area contributed by atoms with Gasteiger partial charge in [-0.3, -0.25) is 0 Å². The zero-order valence-corrected chi connectivity index (χ0v) is 11.7. The Morgan fingerprint density at radius 1 is 1.05 bits per heavy atom. The Morgan fingerprint density at radius 3 is 2.05 bits per heavy atom. The van der Waals surface area contributed by atoms with E-state index in [0.29, 0.717) is 0 Å². The van der Waals surface area contributed by atoms with E-state index in [1.54, 1.807) is 0 Å². The molecule has 11 heteroatoms. The van der Waals surface area contributed by atoms with E-state index in [9.17, 15) is 8.78 Å². The number of methoxy groups -OCH3 is 2. The number of anilines is 1. The number of nitrogens with one attached hydrogen (secondary N) is 1. The lowest BCUT2D eigenvalue weighted by molar-refractivity contribution is 0.376. The topological polar surface area (TPSA) is 108 Å². The number of nitrogen functional groups attached to an aromatic ring is 1. The molecule has 2 rings (SSSR count). The highest BCUT2D eigenvalue weighted by Gasteiger charge is 2.04. The van der Waals surface area contributed by atoms with E-state index in [1.165, 1.54) is 14.2 Å². The highest BCUT2D eigenvalue weighted by molar-refractivity contribution is 6.29. The van der Waals surface area contributed by atoms with E-state index in [1.807, 2.05) is 0 Å². The van der Waals surface area contributed by atoms with Crippen molar-refractivity contribution in [1.29, 1.82) is 0 Å². The summed E-state index contributed by atoms with van der Waals surface area (Å²) in [6.45, 7) is 0. The third-order valence-corrected chi connectivity index (χ3v) is 2.17. The van der Waals surface area contributed by atoms with Crippen LogP contribution >= 0.6 is 11.6 Å². The summed E-state index contributed by atoms with van der Waals surface area (Å²) in [5.74, 6) is 3.58. The summed E-state index contributed by atoms with van der Waals surface area (Å²) in [4.78, 5) is 14.0. The molecule has 3 N–H and O–H groups in total. The number of nitrogens with zero attached hydrogens (tertiary/aromatic N) is 4. The maximum atomic E-state index is 12.6. The minimum absolute atomic E-state index is 0.0615. The molecule has 2 heterocycles. The standard InChI is InChI=1S/C5H4ClFN2O.C5H7FN4O/c1-10-5-8-2-3(7)4(6)9-5;1-11-5-8-2-3(6)4(9-5)10-7/h2H,1H3;2H,7H2,1H3,(H,8,9,10). The third kappa shape index (κ3) is 4.93. The number of hydrogen-bond donors (Lipinski definition) is 2. The maximum Gasteiger partial charge on any atom is 0.318 e. The Balaban J connectivity index is 0.000000211. The quantitative estimate of drug-likeness (QED) is 0.493. The molecular weight excluding hydrogens is 310 g/mol. The predicted octanol–water partition coefficient (Wildman–Crippen LogP) is 1.19. The number of hydrogen-bond acceptors (Lipinski definition) is 8. The van der Waals surface area contributed by atoms with E-state index in [2.05, 4.69) is 34.8 Å². The van der Waals surface area contributed by atoms with Crippen LogP contribution < -0.4 is 20.7 Å². The SMILES string of the molecule is COc1ncc(F)c(Cl)n1.COc1ncc(F)c(NN)n1. The van der Waals surface area contributed by atoms with Gasteiger partial charge in [0.1, 0.15) is 0 Å². The Morgan fingerprint density at radius 2 is 1.57 bits per heavy atom. The van der Waals surface area contributed by atoms with Crippen LogP contribution in [0.5, 0.6) is 12.0 Å². The lowest BCUT2D eigenvalue weighted by Crippen LogP contribution is -2.11. The molecule has 2 aromatic rings. The summed E-state index contributed by atoms with van der Waals surface area (Å²) in [5, 5.41) is -0.230. The monoisotopic (exact) mass is 320 g/mol. The van der Waals surface area contributed by atoms with Crippen molar-refractivity contribution in [1.82, 2.24) is 19.9 Å². The molecule has 0 aromatic carbocycles. The number of hydrazine groups is 1. The fraction of sp³-hybridized carbons (Fsp3) is 0.200. The van der Waals surface area contributed by atoms with Gasteiger partial charge in [0.15, 0.2) is 22.6 Å². The molecule has 0 radical (unpaired) electrons. The Kier molecular flexibility index (Phi) is 6.43. The van der Waals surface area contributed by atoms with Crippen LogP contribution in [-0.2, 0) is 0 Å². The maximum absolute atomic E-state index is 12.6. The van der Waals surface area contributed by atoms with Crippen LogP contribution in [0.15, 0.2) is 12.4 Å². The van der Waals surface area contributed by atoms with Gasteiger partial charge in [0.2, 0.25) is 0 Å². The van der Waals surface area contributed by atoms with E-state index in [4.69, 9.17) is 17.4 Å². The van der Waals surface area contributed by atoms with Gasteiger partial charge in [-0.05, 0) is 0 Å². The van der Waals surface area contributed by atoms with Gasteiger partial charge >= 0.3 is 12.0 Å². The summed E-state index contributed by atoms with van der Waals surface area (Å²) in [5.41, 5.74) is 2.06. The summed E-state index contributed by atoms with van der Waals surface area (Å²) in [7, 11) is 2.76. The molecule has 114 valence electrons. The van der Waals surface area contributed by atoms with Crippen LogP contribution in [0, 0.1) is 11.6 Å². The van der Waals surface area contributed by atoms with Crippen molar-refractivity contribution in [3.63, 3.8) is 0 Å². The average molecular weight is 321 g/mol. The van der Waals surface area contributed by atoms with Gasteiger partial charge in [-0.2, -0.15) is 9.97 Å². The first-order valence-electron chi connectivity index (χ1n) is 5.27. The van der Waals surface area contributed by atoms with Crippen molar-refractivity contribution in [3.8, 4) is 12.0 Å². The van der Waals surface area contributed by atoms with Crippen molar-refractivity contribution in [3.05, 3.63) is 29.2 Å². The molecular formula is C10H11ClF2N6O2.